The first-order chi connectivity index (χ1) is 26.9. The van der Waals surface area contributed by atoms with Crippen LogP contribution in [-0.4, -0.2) is 6.71 Å². The van der Waals surface area contributed by atoms with Crippen molar-refractivity contribution in [3.63, 3.8) is 0 Å². The number of hydrogen-bond donors (Lipinski definition) is 0. The molecule has 3 aromatic heterocycles. The summed E-state index contributed by atoms with van der Waals surface area (Å²) in [7, 11) is 0. The molecular formula is C36H17BOS2. The second kappa shape index (κ2) is 6.85. The molecule has 182 valence electrons. The van der Waals surface area contributed by atoms with E-state index in [0.29, 0.717) is 0 Å². The van der Waals surface area contributed by atoms with Crippen LogP contribution in [0.1, 0.15) is 23.3 Å². The van der Waals surface area contributed by atoms with Gasteiger partial charge in [0.2, 0.25) is 6.71 Å². The number of thiophene rings is 2. The van der Waals surface area contributed by atoms with Crippen LogP contribution in [-0.2, 0) is 0 Å². The molecule has 0 amide bonds. The average molecular weight is 558 g/mol. The molecule has 9 aromatic rings. The topological polar surface area (TPSA) is 13.1 Å². The van der Waals surface area contributed by atoms with E-state index in [-0.39, 0.29) is 125 Å². The molecule has 0 atom stereocenters. The fourth-order valence-corrected chi connectivity index (χ4v) is 8.70. The normalized spacial score (nSPS) is 19.4. The van der Waals surface area contributed by atoms with Crippen LogP contribution in [0.5, 0.6) is 0 Å². The third-order valence-corrected chi connectivity index (χ3v) is 10.1. The van der Waals surface area contributed by atoms with Crippen molar-refractivity contribution in [3.05, 3.63) is 103 Å². The second-order valence-electron chi connectivity index (χ2n) is 9.83. The maximum Gasteiger partial charge on any atom is 0.244 e. The Labute approximate surface area is 260 Å². The zero-order valence-electron chi connectivity index (χ0n) is 36.8. The molecule has 0 N–H and O–H groups in total. The van der Waals surface area contributed by atoms with Crippen LogP contribution in [0.25, 0.3) is 84.5 Å². The Kier molecular flexibility index (Phi) is 1.86. The van der Waals surface area contributed by atoms with Crippen LogP contribution in [0.4, 0.5) is 0 Å². The van der Waals surface area contributed by atoms with Crippen molar-refractivity contribution in [1.29, 1.82) is 0 Å². The fraction of sp³-hybridized carbons (Fsp3) is 0. The molecule has 0 radical (unpaired) electrons. The summed E-state index contributed by atoms with van der Waals surface area (Å²) in [6.45, 7) is -1.47. The van der Waals surface area contributed by atoms with Gasteiger partial charge in [-0.3, -0.25) is 0 Å². The van der Waals surface area contributed by atoms with Crippen LogP contribution >= 0.6 is 22.7 Å². The molecule has 1 nitrogen and oxygen atoms in total. The molecule has 0 unspecified atom stereocenters. The summed E-state index contributed by atoms with van der Waals surface area (Å²) in [4.78, 5) is 0. The standard InChI is InChI=1S/C36H17BOS2/c1-2-12-24-19(7-1)30-25(38-24)17-21-18-8-3-13-26-31(18)34-22(10-5-15-28(34)39-26)37-23-11-6-16-29-35(23)32-20(33(30)36(21)37)9-4-14-27(32)40-29/h1-17H/i1D,2D,3D,4D,5D,6D,7D,8D,9D,10D,11D,12D,13D,14D,15D,16D,17D. The molecule has 0 aliphatic carbocycles. The molecule has 0 bridgehead atoms. The third kappa shape index (κ3) is 2.23. The molecular weight excluding hydrogens is 523 g/mol. The summed E-state index contributed by atoms with van der Waals surface area (Å²) in [5.74, 6) is 0. The number of hydrogen-bond acceptors (Lipinski definition) is 3. The van der Waals surface area contributed by atoms with E-state index in [1.165, 1.54) is 0 Å². The van der Waals surface area contributed by atoms with Crippen LogP contribution in [0.15, 0.2) is 107 Å². The highest BCUT2D eigenvalue weighted by molar-refractivity contribution is 7.27. The van der Waals surface area contributed by atoms with Gasteiger partial charge in [0.15, 0.2) is 0 Å². The Morgan fingerprint density at radius 1 is 0.525 bits per heavy atom. The molecule has 2 aliphatic heterocycles. The van der Waals surface area contributed by atoms with Gasteiger partial charge in [0.25, 0.3) is 0 Å². The summed E-state index contributed by atoms with van der Waals surface area (Å²) in [6.07, 6.45) is 0. The van der Waals surface area contributed by atoms with E-state index in [2.05, 4.69) is 0 Å². The summed E-state index contributed by atoms with van der Waals surface area (Å²) >= 11 is 1.83. The zero-order chi connectivity index (χ0) is 40.5. The van der Waals surface area contributed by atoms with E-state index >= 15 is 0 Å². The van der Waals surface area contributed by atoms with Crippen molar-refractivity contribution >= 4 is 108 Å². The minimum Gasteiger partial charge on any atom is -0.456 e. The highest BCUT2D eigenvalue weighted by atomic mass is 32.1. The van der Waals surface area contributed by atoms with Crippen LogP contribution < -0.4 is 16.4 Å². The summed E-state index contributed by atoms with van der Waals surface area (Å²) in [5.41, 5.74) is -0.916. The van der Waals surface area contributed by atoms with E-state index in [1.807, 2.05) is 0 Å². The van der Waals surface area contributed by atoms with Crippen molar-refractivity contribution in [2.24, 2.45) is 0 Å². The van der Waals surface area contributed by atoms with Crippen molar-refractivity contribution in [1.82, 2.24) is 0 Å². The molecule has 2 aliphatic rings. The first kappa shape index (κ1) is 10.9. The predicted molar refractivity (Wildman–Crippen MR) is 175 cm³/mol. The van der Waals surface area contributed by atoms with Gasteiger partial charge in [0, 0.05) is 40.3 Å². The van der Waals surface area contributed by atoms with Gasteiger partial charge in [-0.05, 0) is 69.3 Å². The van der Waals surface area contributed by atoms with Gasteiger partial charge < -0.3 is 4.42 Å². The maximum atomic E-state index is 9.96. The van der Waals surface area contributed by atoms with Crippen LogP contribution in [0.2, 0.25) is 0 Å². The Bertz CT molecular complexity index is 3550. The number of rotatable bonds is 0. The number of fused-ring (bicyclic) bond motifs is 8. The van der Waals surface area contributed by atoms with Gasteiger partial charge in [0.1, 0.15) is 11.2 Å². The number of benzene rings is 6. The lowest BCUT2D eigenvalue weighted by Crippen LogP contribution is -2.53. The lowest BCUT2D eigenvalue weighted by atomic mass is 9.35. The molecule has 0 spiro atoms. The molecule has 0 fully saturated rings. The lowest BCUT2D eigenvalue weighted by molar-refractivity contribution is 0.669. The minimum atomic E-state index is -1.47. The van der Waals surface area contributed by atoms with E-state index in [4.69, 9.17) is 20.9 Å². The zero-order valence-corrected chi connectivity index (χ0v) is 21.4. The minimum absolute atomic E-state index is 0.00253. The maximum absolute atomic E-state index is 9.96. The monoisotopic (exact) mass is 557 g/mol. The molecule has 0 saturated carbocycles. The van der Waals surface area contributed by atoms with Crippen molar-refractivity contribution in [2.75, 3.05) is 0 Å². The van der Waals surface area contributed by atoms with E-state index in [1.54, 1.807) is 0 Å². The number of para-hydroxylation sites is 1. The second-order valence-corrected chi connectivity index (χ2v) is 11.9. The van der Waals surface area contributed by atoms with Gasteiger partial charge in [0.05, 0.1) is 23.3 Å². The summed E-state index contributed by atoms with van der Waals surface area (Å²) < 4.78 is 162. The predicted octanol–water partition coefficient (Wildman–Crippen LogP) is 8.80. The van der Waals surface area contributed by atoms with Crippen LogP contribution in [0.3, 0.4) is 0 Å². The first-order valence-electron chi connectivity index (χ1n) is 20.8. The third-order valence-electron chi connectivity index (χ3n) is 8.06. The van der Waals surface area contributed by atoms with E-state index in [0.717, 1.165) is 22.7 Å². The largest absolute Gasteiger partial charge is 0.456 e. The van der Waals surface area contributed by atoms with Crippen LogP contribution in [0, 0.1) is 0 Å². The van der Waals surface area contributed by atoms with Gasteiger partial charge in [-0.1, -0.05) is 82.9 Å². The highest BCUT2D eigenvalue weighted by Gasteiger charge is 2.39. The molecule has 4 heteroatoms. The average Bonchev–Trinajstić information content (AvgIpc) is 3.85. The van der Waals surface area contributed by atoms with Gasteiger partial charge in [-0.25, -0.2) is 0 Å². The van der Waals surface area contributed by atoms with Crippen molar-refractivity contribution in [2.45, 2.75) is 0 Å². The smallest absolute Gasteiger partial charge is 0.244 e. The Morgan fingerprint density at radius 3 is 1.85 bits per heavy atom. The molecule has 11 rings (SSSR count). The highest BCUT2D eigenvalue weighted by Crippen LogP contribution is 2.49. The fourth-order valence-electron chi connectivity index (χ4n) is 6.64. The summed E-state index contributed by atoms with van der Waals surface area (Å²) in [5, 5.41) is 0.314. The summed E-state index contributed by atoms with van der Waals surface area (Å²) in [6, 6.07) is -8.48. The van der Waals surface area contributed by atoms with Gasteiger partial charge in [-0.15, -0.1) is 22.7 Å². The van der Waals surface area contributed by atoms with Crippen molar-refractivity contribution in [3.8, 4) is 22.3 Å². The van der Waals surface area contributed by atoms with Crippen molar-refractivity contribution < 1.29 is 27.7 Å². The quantitative estimate of drug-likeness (QED) is 0.170. The molecule has 0 saturated heterocycles. The molecule has 6 aromatic carbocycles. The van der Waals surface area contributed by atoms with E-state index < -0.39 is 85.3 Å². The SMILES string of the molecule is [2H]c1c([2H])c([2H])c2c(oc3c([2H])c4c5c(c32)-c2c([2H])c([2H])c([2H])c3sc6c([2H])c([2H])c([2H])c(c6c23)B5c2c([2H])c([2H])c([2H])c3sc5c([2H])c([2H])c([2H])c-4c5c23)c1[2H]. The molecule has 40 heavy (non-hydrogen) atoms. The van der Waals surface area contributed by atoms with Gasteiger partial charge in [-0.2, -0.15) is 0 Å². The van der Waals surface area contributed by atoms with Gasteiger partial charge >= 0.3 is 0 Å². The first-order valence-corrected chi connectivity index (χ1v) is 14.0. The Hall–Kier alpha value is -4.38. The Morgan fingerprint density at radius 2 is 1.12 bits per heavy atom. The lowest BCUT2D eigenvalue weighted by Gasteiger charge is -2.21. The molecule has 5 heterocycles. The Balaban J connectivity index is 1.60. The van der Waals surface area contributed by atoms with E-state index in [9.17, 15) is 6.85 Å². The number of furan rings is 1.